The van der Waals surface area contributed by atoms with Crippen LogP contribution in [0.5, 0.6) is 0 Å². The van der Waals surface area contributed by atoms with E-state index in [1.54, 1.807) is 6.20 Å². The van der Waals surface area contributed by atoms with E-state index in [2.05, 4.69) is 27.3 Å². The predicted octanol–water partition coefficient (Wildman–Crippen LogP) is 4.08. The summed E-state index contributed by atoms with van der Waals surface area (Å²) in [6, 6.07) is 9.43. The predicted molar refractivity (Wildman–Crippen MR) is 139 cm³/mol. The Bertz CT molecular complexity index is 1240. The lowest BCUT2D eigenvalue weighted by molar-refractivity contribution is -0.184. The molecule has 208 valence electrons. The van der Waals surface area contributed by atoms with E-state index < -0.39 is 24.8 Å². The second-order valence-electron chi connectivity index (χ2n) is 11.4. The summed E-state index contributed by atoms with van der Waals surface area (Å²) >= 11 is 0. The molecular weight excluding hydrogens is 511 g/mol. The quantitative estimate of drug-likeness (QED) is 0.626. The van der Waals surface area contributed by atoms with Crippen LogP contribution in [0.3, 0.4) is 0 Å². The maximum absolute atomic E-state index is 14.3. The molecule has 39 heavy (non-hydrogen) atoms. The lowest BCUT2D eigenvalue weighted by Crippen LogP contribution is -2.60. The van der Waals surface area contributed by atoms with Crippen molar-refractivity contribution in [3.8, 4) is 0 Å². The molecule has 7 heterocycles. The fourth-order valence-corrected chi connectivity index (χ4v) is 7.03. The summed E-state index contributed by atoms with van der Waals surface area (Å²) < 4.78 is 51.5. The number of pyridine rings is 1. The smallest absolute Gasteiger partial charge is 0.378 e. The summed E-state index contributed by atoms with van der Waals surface area (Å²) in [7, 11) is 0. The maximum atomic E-state index is 14.3. The minimum Gasteiger partial charge on any atom is -0.378 e. The molecule has 8 nitrogen and oxygen atoms in total. The van der Waals surface area contributed by atoms with Gasteiger partial charge in [-0.05, 0) is 49.9 Å². The molecule has 5 saturated heterocycles. The Kier molecular flexibility index (Phi) is 6.20. The number of piperidine rings is 2. The van der Waals surface area contributed by atoms with Crippen molar-refractivity contribution >= 4 is 28.8 Å². The van der Waals surface area contributed by atoms with E-state index in [0.717, 1.165) is 42.0 Å². The van der Waals surface area contributed by atoms with Crippen molar-refractivity contribution in [3.05, 3.63) is 42.1 Å². The molecule has 0 aliphatic carbocycles. The number of nitrogens with zero attached hydrogens (tertiary/aromatic N) is 4. The second kappa shape index (κ2) is 9.64. The first-order valence-corrected chi connectivity index (χ1v) is 13.8. The monoisotopic (exact) mass is 543 g/mol. The Balaban J connectivity index is 1.21. The first-order valence-electron chi connectivity index (χ1n) is 13.8. The van der Waals surface area contributed by atoms with Crippen LogP contribution in [0.4, 0.5) is 36.1 Å². The van der Waals surface area contributed by atoms with Crippen LogP contribution in [0.25, 0.3) is 0 Å². The van der Waals surface area contributed by atoms with Gasteiger partial charge in [-0.15, -0.1) is 0 Å². The van der Waals surface area contributed by atoms with Crippen molar-refractivity contribution in [1.82, 2.24) is 9.88 Å². The number of morpholine rings is 2. The highest BCUT2D eigenvalue weighted by molar-refractivity contribution is 6.00. The molecule has 0 saturated carbocycles. The SMILES string of the molecule is O=C(C1CC2COCC(C1)N2CC(F)(F)F)N1Cc2cccnc2Nc2ccc(N3CC4CCC3CO4)cc21. The Morgan fingerprint density at radius 1 is 1.08 bits per heavy atom. The number of rotatable bonds is 3. The molecule has 6 aliphatic heterocycles. The zero-order valence-electron chi connectivity index (χ0n) is 21.6. The van der Waals surface area contributed by atoms with Gasteiger partial charge in [0.05, 0.1) is 56.4 Å². The number of carbonyl (C=O) groups excluding carboxylic acids is 1. The molecular formula is C28H32F3N5O3. The summed E-state index contributed by atoms with van der Waals surface area (Å²) in [5, 5.41) is 3.43. The van der Waals surface area contributed by atoms with E-state index in [4.69, 9.17) is 9.47 Å². The normalized spacial score (nSPS) is 30.3. The zero-order chi connectivity index (χ0) is 26.7. The summed E-state index contributed by atoms with van der Waals surface area (Å²) in [6.07, 6.45) is 0.500. The highest BCUT2D eigenvalue weighted by Gasteiger charge is 2.47. The minimum absolute atomic E-state index is 0.0565. The third-order valence-corrected chi connectivity index (χ3v) is 8.91. The van der Waals surface area contributed by atoms with E-state index >= 15 is 0 Å². The molecule has 2 aromatic rings. The molecule has 4 bridgehead atoms. The lowest BCUT2D eigenvalue weighted by atomic mass is 9.83. The Morgan fingerprint density at radius 2 is 1.90 bits per heavy atom. The van der Waals surface area contributed by atoms with Gasteiger partial charge in [0, 0.05) is 42.0 Å². The van der Waals surface area contributed by atoms with Crippen molar-refractivity contribution in [2.45, 2.75) is 62.6 Å². The van der Waals surface area contributed by atoms with Gasteiger partial charge in [-0.25, -0.2) is 4.98 Å². The van der Waals surface area contributed by atoms with E-state index in [1.165, 1.54) is 4.90 Å². The van der Waals surface area contributed by atoms with E-state index in [0.29, 0.717) is 37.9 Å². The first-order chi connectivity index (χ1) is 18.8. The van der Waals surface area contributed by atoms with Gasteiger partial charge < -0.3 is 24.6 Å². The number of nitrogens with one attached hydrogen (secondary N) is 1. The van der Waals surface area contributed by atoms with Crippen molar-refractivity contribution in [2.75, 3.05) is 48.0 Å². The topological polar surface area (TPSA) is 70.2 Å². The third kappa shape index (κ3) is 4.74. The Hall–Kier alpha value is -2.89. The van der Waals surface area contributed by atoms with Crippen LogP contribution in [-0.4, -0.2) is 79.1 Å². The Morgan fingerprint density at radius 3 is 2.59 bits per heavy atom. The zero-order valence-corrected chi connectivity index (χ0v) is 21.6. The second-order valence-corrected chi connectivity index (χ2v) is 11.4. The van der Waals surface area contributed by atoms with Crippen LogP contribution < -0.4 is 15.1 Å². The van der Waals surface area contributed by atoms with Gasteiger partial charge >= 0.3 is 6.18 Å². The highest BCUT2D eigenvalue weighted by atomic mass is 19.4. The summed E-state index contributed by atoms with van der Waals surface area (Å²) in [5.74, 6) is 0.263. The summed E-state index contributed by atoms with van der Waals surface area (Å²) in [6.45, 7) is 1.34. The van der Waals surface area contributed by atoms with Gasteiger partial charge in [0.2, 0.25) is 5.91 Å². The number of benzene rings is 1. The molecule has 6 aliphatic rings. The van der Waals surface area contributed by atoms with Crippen LogP contribution in [0.2, 0.25) is 0 Å². The number of amides is 1. The van der Waals surface area contributed by atoms with Crippen LogP contribution >= 0.6 is 0 Å². The van der Waals surface area contributed by atoms with Crippen LogP contribution in [0, 0.1) is 5.92 Å². The van der Waals surface area contributed by atoms with Gasteiger partial charge in [0.1, 0.15) is 5.82 Å². The summed E-state index contributed by atoms with van der Waals surface area (Å²) in [5.41, 5.74) is 3.51. The molecule has 11 heteroatoms. The van der Waals surface area contributed by atoms with Crippen LogP contribution in [0.1, 0.15) is 31.2 Å². The van der Waals surface area contributed by atoms with Gasteiger partial charge in [-0.1, -0.05) is 6.07 Å². The van der Waals surface area contributed by atoms with Crippen molar-refractivity contribution in [3.63, 3.8) is 0 Å². The van der Waals surface area contributed by atoms with Crippen molar-refractivity contribution < 1.29 is 27.4 Å². The van der Waals surface area contributed by atoms with Crippen molar-refractivity contribution in [2.24, 2.45) is 5.92 Å². The van der Waals surface area contributed by atoms with Gasteiger partial charge in [0.25, 0.3) is 0 Å². The van der Waals surface area contributed by atoms with Crippen molar-refractivity contribution in [1.29, 1.82) is 0 Å². The molecule has 1 aromatic heterocycles. The molecule has 4 atom stereocenters. The molecule has 4 unspecified atom stereocenters. The molecule has 1 amide bonds. The van der Waals surface area contributed by atoms with E-state index in [9.17, 15) is 18.0 Å². The maximum Gasteiger partial charge on any atom is 0.401 e. The number of carbonyl (C=O) groups is 1. The molecule has 0 radical (unpaired) electrons. The minimum atomic E-state index is -4.29. The molecule has 1 aromatic carbocycles. The molecule has 0 spiro atoms. The fraction of sp³-hybridized carbons (Fsp3) is 0.571. The largest absolute Gasteiger partial charge is 0.401 e. The number of aromatic nitrogens is 1. The first kappa shape index (κ1) is 25.1. The number of hydrogen-bond acceptors (Lipinski definition) is 7. The number of anilines is 4. The number of hydrogen-bond donors (Lipinski definition) is 1. The molecule has 8 rings (SSSR count). The Labute approximate surface area is 225 Å². The van der Waals surface area contributed by atoms with Gasteiger partial charge in [-0.3, -0.25) is 9.69 Å². The average Bonchev–Trinajstić information content (AvgIpc) is 3.08. The van der Waals surface area contributed by atoms with Crippen LogP contribution in [-0.2, 0) is 20.8 Å². The number of fused-ring (bicyclic) bond motifs is 7. The van der Waals surface area contributed by atoms with E-state index in [1.807, 2.05) is 23.1 Å². The molecule has 1 N–H and O–H groups in total. The standard InChI is InChI=1S/C28H32F3N5O3/c29-28(30,31)16-36-21-8-18(9-22(36)14-38-13-21)27(37)35-11-17-2-1-7-32-26(17)33-24-6-4-19(10-25(24)35)34-12-23-5-3-20(34)15-39-23/h1-2,4,6-7,10,18,20-23H,3,5,8-9,11-16H2,(H,32,33). The number of alkyl halides is 3. The number of ether oxygens (including phenoxy) is 2. The third-order valence-electron chi connectivity index (χ3n) is 8.91. The number of halogens is 3. The lowest BCUT2D eigenvalue weighted by Gasteiger charge is -2.48. The van der Waals surface area contributed by atoms with E-state index in [-0.39, 0.29) is 31.1 Å². The molecule has 5 fully saturated rings. The van der Waals surface area contributed by atoms with Gasteiger partial charge in [-0.2, -0.15) is 13.2 Å². The highest BCUT2D eigenvalue weighted by Crippen LogP contribution is 2.42. The van der Waals surface area contributed by atoms with Gasteiger partial charge in [0.15, 0.2) is 0 Å². The fourth-order valence-electron chi connectivity index (χ4n) is 7.03. The summed E-state index contributed by atoms with van der Waals surface area (Å²) in [4.78, 5) is 24.5. The average molecular weight is 544 g/mol. The van der Waals surface area contributed by atoms with Crippen LogP contribution in [0.15, 0.2) is 36.5 Å².